The number of H-pyrrole nitrogens is 1. The predicted octanol–water partition coefficient (Wildman–Crippen LogP) is 1.43. The Morgan fingerprint density at radius 1 is 1.61 bits per heavy atom. The van der Waals surface area contributed by atoms with E-state index in [0.717, 1.165) is 0 Å². The van der Waals surface area contributed by atoms with E-state index in [0.29, 0.717) is 24.1 Å². The highest BCUT2D eigenvalue weighted by Crippen LogP contribution is 2.40. The lowest BCUT2D eigenvalue weighted by atomic mass is 9.96. The van der Waals surface area contributed by atoms with Gasteiger partial charge in [-0.3, -0.25) is 4.79 Å². The lowest BCUT2D eigenvalue weighted by Crippen LogP contribution is -2.45. The highest BCUT2D eigenvalue weighted by atomic mass is 16.1. The van der Waals surface area contributed by atoms with Crippen molar-refractivity contribution >= 4 is 5.82 Å². The minimum atomic E-state index is -0.158. The number of aromatic nitrogens is 2. The molecule has 0 aliphatic heterocycles. The Morgan fingerprint density at radius 3 is 2.78 bits per heavy atom. The van der Waals surface area contributed by atoms with E-state index in [4.69, 9.17) is 5.73 Å². The summed E-state index contributed by atoms with van der Waals surface area (Å²) < 4.78 is 0. The Labute approximate surface area is 107 Å². The van der Waals surface area contributed by atoms with E-state index in [-0.39, 0.29) is 17.0 Å². The second kappa shape index (κ2) is 4.72. The Hall–Kier alpha value is -1.36. The number of anilines is 1. The maximum atomic E-state index is 11.6. The second-order valence-electron chi connectivity index (χ2n) is 5.69. The van der Waals surface area contributed by atoms with Gasteiger partial charge in [0.25, 0.3) is 5.56 Å². The van der Waals surface area contributed by atoms with Crippen molar-refractivity contribution in [2.75, 3.05) is 11.9 Å². The Kier molecular flexibility index (Phi) is 3.43. The molecule has 1 fully saturated rings. The lowest BCUT2D eigenvalue weighted by Gasteiger charge is -2.30. The van der Waals surface area contributed by atoms with Gasteiger partial charge < -0.3 is 16.0 Å². The number of nitrogens with two attached hydrogens (primary N) is 1. The molecule has 18 heavy (non-hydrogen) atoms. The molecule has 1 saturated carbocycles. The van der Waals surface area contributed by atoms with Crippen molar-refractivity contribution in [1.82, 2.24) is 9.97 Å². The van der Waals surface area contributed by atoms with Gasteiger partial charge in [-0.2, -0.15) is 0 Å². The van der Waals surface area contributed by atoms with Crippen molar-refractivity contribution in [3.8, 4) is 0 Å². The molecule has 0 bridgehead atoms. The SMILES string of the molecule is CC(C)c1nc(NC(C)(CN)C2CC2)cc(=O)[nH]1. The molecule has 5 heteroatoms. The summed E-state index contributed by atoms with van der Waals surface area (Å²) >= 11 is 0. The Bertz CT molecular complexity index is 478. The molecular weight excluding hydrogens is 228 g/mol. The lowest BCUT2D eigenvalue weighted by molar-refractivity contribution is 0.457. The van der Waals surface area contributed by atoms with Crippen LogP contribution in [-0.2, 0) is 0 Å². The van der Waals surface area contributed by atoms with Crippen molar-refractivity contribution < 1.29 is 0 Å². The van der Waals surface area contributed by atoms with Crippen LogP contribution in [0.3, 0.4) is 0 Å². The number of rotatable bonds is 5. The topological polar surface area (TPSA) is 83.8 Å². The second-order valence-corrected chi connectivity index (χ2v) is 5.69. The van der Waals surface area contributed by atoms with Gasteiger partial charge in [0, 0.05) is 18.5 Å². The van der Waals surface area contributed by atoms with Crippen LogP contribution < -0.4 is 16.6 Å². The van der Waals surface area contributed by atoms with E-state index in [9.17, 15) is 4.79 Å². The molecule has 1 atom stereocenters. The van der Waals surface area contributed by atoms with E-state index >= 15 is 0 Å². The first-order valence-corrected chi connectivity index (χ1v) is 6.54. The molecule has 0 aromatic carbocycles. The molecule has 100 valence electrons. The number of hydrogen-bond acceptors (Lipinski definition) is 4. The smallest absolute Gasteiger partial charge is 0.252 e. The predicted molar refractivity (Wildman–Crippen MR) is 72.8 cm³/mol. The fourth-order valence-corrected chi connectivity index (χ4v) is 2.15. The molecule has 1 heterocycles. The molecule has 0 saturated heterocycles. The summed E-state index contributed by atoms with van der Waals surface area (Å²) in [5, 5.41) is 3.35. The van der Waals surface area contributed by atoms with E-state index in [1.807, 2.05) is 13.8 Å². The molecule has 1 aliphatic rings. The zero-order chi connectivity index (χ0) is 13.3. The Balaban J connectivity index is 2.25. The zero-order valence-corrected chi connectivity index (χ0v) is 11.3. The summed E-state index contributed by atoms with van der Waals surface area (Å²) in [5.41, 5.74) is 5.58. The van der Waals surface area contributed by atoms with Crippen molar-refractivity contribution in [2.24, 2.45) is 11.7 Å². The van der Waals surface area contributed by atoms with Crippen LogP contribution in [0.15, 0.2) is 10.9 Å². The molecule has 1 aromatic heterocycles. The monoisotopic (exact) mass is 250 g/mol. The van der Waals surface area contributed by atoms with Crippen LogP contribution in [0.5, 0.6) is 0 Å². The molecule has 2 rings (SSSR count). The molecule has 1 aliphatic carbocycles. The van der Waals surface area contributed by atoms with Gasteiger partial charge in [0.2, 0.25) is 0 Å². The molecule has 0 radical (unpaired) electrons. The minimum absolute atomic E-state index is 0.119. The molecule has 4 N–H and O–H groups in total. The summed E-state index contributed by atoms with van der Waals surface area (Å²) in [7, 11) is 0. The van der Waals surface area contributed by atoms with Crippen LogP contribution in [0.1, 0.15) is 45.4 Å². The molecule has 0 amide bonds. The molecular formula is C13H22N4O. The first kappa shape index (κ1) is 13.1. The average molecular weight is 250 g/mol. The normalized spacial score (nSPS) is 18.7. The van der Waals surface area contributed by atoms with Crippen LogP contribution in [-0.4, -0.2) is 22.1 Å². The van der Waals surface area contributed by atoms with E-state index in [1.165, 1.54) is 18.9 Å². The fraction of sp³-hybridized carbons (Fsp3) is 0.692. The number of aromatic amines is 1. The number of hydrogen-bond donors (Lipinski definition) is 3. The maximum absolute atomic E-state index is 11.6. The van der Waals surface area contributed by atoms with Crippen molar-refractivity contribution in [2.45, 2.75) is 45.1 Å². The minimum Gasteiger partial charge on any atom is -0.363 e. The van der Waals surface area contributed by atoms with Crippen LogP contribution in [0.25, 0.3) is 0 Å². The van der Waals surface area contributed by atoms with Crippen LogP contribution in [0, 0.1) is 5.92 Å². The third kappa shape index (κ3) is 2.72. The molecule has 0 spiro atoms. The number of nitrogens with one attached hydrogen (secondary N) is 2. The van der Waals surface area contributed by atoms with Gasteiger partial charge in [0.1, 0.15) is 11.6 Å². The molecule has 1 aromatic rings. The Morgan fingerprint density at radius 2 is 2.28 bits per heavy atom. The maximum Gasteiger partial charge on any atom is 0.252 e. The summed E-state index contributed by atoms with van der Waals surface area (Å²) in [6.07, 6.45) is 2.39. The average Bonchev–Trinajstić information content (AvgIpc) is 3.12. The van der Waals surface area contributed by atoms with Gasteiger partial charge in [0.05, 0.1) is 5.54 Å². The van der Waals surface area contributed by atoms with E-state index in [1.54, 1.807) is 0 Å². The van der Waals surface area contributed by atoms with Crippen molar-refractivity contribution in [1.29, 1.82) is 0 Å². The fourth-order valence-electron chi connectivity index (χ4n) is 2.15. The third-order valence-corrected chi connectivity index (χ3v) is 3.62. The van der Waals surface area contributed by atoms with E-state index < -0.39 is 0 Å². The van der Waals surface area contributed by atoms with Crippen molar-refractivity contribution in [3.63, 3.8) is 0 Å². The van der Waals surface area contributed by atoms with Gasteiger partial charge in [-0.25, -0.2) is 4.98 Å². The molecule has 5 nitrogen and oxygen atoms in total. The summed E-state index contributed by atoms with van der Waals surface area (Å²) in [6.45, 7) is 6.65. The van der Waals surface area contributed by atoms with Gasteiger partial charge >= 0.3 is 0 Å². The van der Waals surface area contributed by atoms with Crippen LogP contribution >= 0.6 is 0 Å². The van der Waals surface area contributed by atoms with Crippen LogP contribution in [0.4, 0.5) is 5.82 Å². The first-order chi connectivity index (χ1) is 8.44. The summed E-state index contributed by atoms with van der Waals surface area (Å²) in [5.74, 6) is 2.12. The van der Waals surface area contributed by atoms with Crippen LogP contribution in [0.2, 0.25) is 0 Å². The van der Waals surface area contributed by atoms with Gasteiger partial charge in [0.15, 0.2) is 0 Å². The standard InChI is InChI=1S/C13H22N4O/c1-8(2)12-15-10(6-11(18)16-12)17-13(3,7-14)9-4-5-9/h6,8-9H,4-5,7,14H2,1-3H3,(H2,15,16,17,18). The van der Waals surface area contributed by atoms with E-state index in [2.05, 4.69) is 22.2 Å². The quantitative estimate of drug-likeness (QED) is 0.738. The third-order valence-electron chi connectivity index (χ3n) is 3.62. The summed E-state index contributed by atoms with van der Waals surface area (Å²) in [4.78, 5) is 18.8. The number of nitrogens with zero attached hydrogens (tertiary/aromatic N) is 1. The zero-order valence-electron chi connectivity index (χ0n) is 11.3. The first-order valence-electron chi connectivity index (χ1n) is 6.54. The van der Waals surface area contributed by atoms with Gasteiger partial charge in [-0.05, 0) is 25.7 Å². The van der Waals surface area contributed by atoms with Gasteiger partial charge in [-0.15, -0.1) is 0 Å². The van der Waals surface area contributed by atoms with Crippen molar-refractivity contribution in [3.05, 3.63) is 22.2 Å². The highest BCUT2D eigenvalue weighted by Gasteiger charge is 2.40. The summed E-state index contributed by atoms with van der Waals surface area (Å²) in [6, 6.07) is 1.50. The highest BCUT2D eigenvalue weighted by molar-refractivity contribution is 5.38. The largest absolute Gasteiger partial charge is 0.363 e. The molecule has 1 unspecified atom stereocenters. The van der Waals surface area contributed by atoms with Gasteiger partial charge in [-0.1, -0.05) is 13.8 Å².